The summed E-state index contributed by atoms with van der Waals surface area (Å²) in [7, 11) is 0. The van der Waals surface area contributed by atoms with Gasteiger partial charge in [-0.05, 0) is 72.4 Å². The minimum atomic E-state index is -0.796. The van der Waals surface area contributed by atoms with Crippen LogP contribution in [-0.4, -0.2) is 41.4 Å². The highest BCUT2D eigenvalue weighted by molar-refractivity contribution is 5.66. The van der Waals surface area contributed by atoms with Crippen LogP contribution >= 0.6 is 0 Å². The lowest BCUT2D eigenvalue weighted by atomic mass is 9.77. The fourth-order valence-corrected chi connectivity index (χ4v) is 5.55. The van der Waals surface area contributed by atoms with Crippen molar-refractivity contribution in [1.82, 2.24) is 4.90 Å². The zero-order valence-corrected chi connectivity index (χ0v) is 18.9. The molecule has 2 aliphatic rings. The van der Waals surface area contributed by atoms with Crippen LogP contribution in [-0.2, 0) is 0 Å². The smallest absolute Gasteiger partial charge is 0.407 e. The molecular weight excluding hydrogens is 390 g/mol. The predicted molar refractivity (Wildman–Crippen MR) is 122 cm³/mol. The number of carboxylic acid groups (broad SMARTS) is 1. The highest BCUT2D eigenvalue weighted by Gasteiger charge is 2.53. The summed E-state index contributed by atoms with van der Waals surface area (Å²) in [5.41, 5.74) is 2.16. The molecule has 0 radical (unpaired) electrons. The van der Waals surface area contributed by atoms with Gasteiger partial charge in [-0.2, -0.15) is 0 Å². The Hall–Kier alpha value is -2.69. The molecule has 2 aromatic carbocycles. The Balaban J connectivity index is 1.45. The maximum absolute atomic E-state index is 11.8. The first-order valence-electron chi connectivity index (χ1n) is 11.3. The fraction of sp³-hybridized carbons (Fsp3) is 0.500. The lowest BCUT2D eigenvalue weighted by molar-refractivity contribution is 0.0816. The van der Waals surface area contributed by atoms with Crippen LogP contribution in [0.1, 0.15) is 40.5 Å². The molecule has 1 saturated heterocycles. The van der Waals surface area contributed by atoms with E-state index in [0.717, 1.165) is 35.5 Å². The summed E-state index contributed by atoms with van der Waals surface area (Å²) in [6, 6.07) is 16.4. The van der Waals surface area contributed by atoms with E-state index >= 15 is 0 Å². The summed E-state index contributed by atoms with van der Waals surface area (Å²) >= 11 is 0. The highest BCUT2D eigenvalue weighted by Crippen LogP contribution is 2.49. The van der Waals surface area contributed by atoms with E-state index in [0.29, 0.717) is 25.0 Å². The van der Waals surface area contributed by atoms with Crippen LogP contribution in [0.3, 0.4) is 0 Å². The monoisotopic (exact) mass is 423 g/mol. The van der Waals surface area contributed by atoms with Gasteiger partial charge in [0.2, 0.25) is 0 Å². The Morgan fingerprint density at radius 3 is 2.45 bits per heavy atom. The number of rotatable bonds is 5. The first-order chi connectivity index (χ1) is 14.8. The predicted octanol–water partition coefficient (Wildman–Crippen LogP) is 5.93. The molecule has 1 aliphatic carbocycles. The van der Waals surface area contributed by atoms with Crippen molar-refractivity contribution in [2.75, 3.05) is 13.2 Å². The van der Waals surface area contributed by atoms with Crippen molar-refractivity contribution in [2.24, 2.45) is 17.3 Å². The summed E-state index contributed by atoms with van der Waals surface area (Å²) in [5, 5.41) is 9.68. The molecule has 0 spiro atoms. The van der Waals surface area contributed by atoms with Gasteiger partial charge in [0, 0.05) is 12.6 Å². The molecule has 2 aromatic rings. The molecule has 4 atom stereocenters. The highest BCUT2D eigenvalue weighted by atomic mass is 16.5. The van der Waals surface area contributed by atoms with Crippen molar-refractivity contribution < 1.29 is 19.4 Å². The van der Waals surface area contributed by atoms with E-state index in [1.54, 1.807) is 4.90 Å². The van der Waals surface area contributed by atoms with Crippen molar-refractivity contribution in [3.05, 3.63) is 48.5 Å². The van der Waals surface area contributed by atoms with E-state index in [2.05, 4.69) is 45.0 Å². The van der Waals surface area contributed by atoms with E-state index in [1.807, 2.05) is 31.2 Å². The topological polar surface area (TPSA) is 59.0 Å². The summed E-state index contributed by atoms with van der Waals surface area (Å²) in [4.78, 5) is 13.4. The molecular formula is C26H33NO4. The van der Waals surface area contributed by atoms with Gasteiger partial charge in [0.15, 0.2) is 0 Å². The van der Waals surface area contributed by atoms with Gasteiger partial charge in [-0.15, -0.1) is 0 Å². The lowest BCUT2D eigenvalue weighted by Crippen LogP contribution is -2.45. The van der Waals surface area contributed by atoms with E-state index in [-0.39, 0.29) is 17.6 Å². The molecule has 1 aliphatic heterocycles. The number of ether oxygens (including phenoxy) is 2. The quantitative estimate of drug-likeness (QED) is 0.647. The summed E-state index contributed by atoms with van der Waals surface area (Å²) in [6.07, 6.45) is 1.15. The molecule has 1 heterocycles. The number of carbonyl (C=O) groups is 1. The third kappa shape index (κ3) is 4.51. The largest absolute Gasteiger partial charge is 0.494 e. The number of amides is 1. The second-order valence-electron chi connectivity index (χ2n) is 9.87. The standard InChI is InChI=1S/C26H33NO4/c1-5-30-20-11-9-17(10-12-20)18-7-6-8-21(13-18)31-22-14-19-16-27(25(28)29)24(23(19)15-22)26(2,3)4/h6-13,19,22-24H,5,14-16H2,1-4H3,(H,28,29)/t19-,22-,23-,24?/m0/s1. The van der Waals surface area contributed by atoms with Gasteiger partial charge >= 0.3 is 6.09 Å². The Labute approximate surface area is 185 Å². The maximum Gasteiger partial charge on any atom is 0.407 e. The molecule has 1 unspecified atom stereocenters. The zero-order chi connectivity index (χ0) is 22.2. The Morgan fingerprint density at radius 1 is 1.06 bits per heavy atom. The molecule has 2 fully saturated rings. The van der Waals surface area contributed by atoms with Gasteiger partial charge in [0.05, 0.1) is 12.7 Å². The molecule has 1 N–H and O–H groups in total. The Morgan fingerprint density at radius 2 is 1.81 bits per heavy atom. The first-order valence-corrected chi connectivity index (χ1v) is 11.3. The van der Waals surface area contributed by atoms with Crippen LogP contribution in [0.15, 0.2) is 48.5 Å². The number of hydrogen-bond acceptors (Lipinski definition) is 3. The lowest BCUT2D eigenvalue weighted by Gasteiger charge is -2.37. The van der Waals surface area contributed by atoms with Gasteiger partial charge in [-0.3, -0.25) is 0 Å². The number of benzene rings is 2. The average Bonchev–Trinajstić information content (AvgIpc) is 3.25. The fourth-order valence-electron chi connectivity index (χ4n) is 5.55. The number of likely N-dealkylation sites (tertiary alicyclic amines) is 1. The van der Waals surface area contributed by atoms with Crippen molar-refractivity contribution in [1.29, 1.82) is 0 Å². The minimum Gasteiger partial charge on any atom is -0.494 e. The molecule has 31 heavy (non-hydrogen) atoms. The van der Waals surface area contributed by atoms with Crippen LogP contribution in [0.2, 0.25) is 0 Å². The molecule has 1 amide bonds. The van der Waals surface area contributed by atoms with Crippen LogP contribution in [0, 0.1) is 17.3 Å². The van der Waals surface area contributed by atoms with E-state index < -0.39 is 6.09 Å². The van der Waals surface area contributed by atoms with E-state index in [9.17, 15) is 9.90 Å². The maximum atomic E-state index is 11.8. The Bertz CT molecular complexity index is 918. The van der Waals surface area contributed by atoms with Crippen LogP contribution < -0.4 is 9.47 Å². The summed E-state index contributed by atoms with van der Waals surface area (Å²) < 4.78 is 11.9. The summed E-state index contributed by atoms with van der Waals surface area (Å²) in [6.45, 7) is 9.69. The van der Waals surface area contributed by atoms with Crippen molar-refractivity contribution >= 4 is 6.09 Å². The van der Waals surface area contributed by atoms with Gasteiger partial charge in [0.25, 0.3) is 0 Å². The second-order valence-corrected chi connectivity index (χ2v) is 9.87. The Kier molecular flexibility index (Phi) is 5.87. The SMILES string of the molecule is CCOc1ccc(-c2cccc(O[C@H]3C[C@H]4CN(C(=O)O)C(C(C)(C)C)[C@H]4C3)c2)cc1. The van der Waals surface area contributed by atoms with Crippen molar-refractivity contribution in [3.63, 3.8) is 0 Å². The van der Waals surface area contributed by atoms with Crippen LogP contribution in [0.4, 0.5) is 4.79 Å². The zero-order valence-electron chi connectivity index (χ0n) is 18.9. The normalized spacial score (nSPS) is 25.4. The van der Waals surface area contributed by atoms with Gasteiger partial charge in [-0.1, -0.05) is 45.0 Å². The van der Waals surface area contributed by atoms with Crippen molar-refractivity contribution in [2.45, 2.75) is 52.7 Å². The van der Waals surface area contributed by atoms with Gasteiger partial charge < -0.3 is 19.5 Å². The van der Waals surface area contributed by atoms with E-state index in [4.69, 9.17) is 9.47 Å². The molecule has 1 saturated carbocycles. The molecule has 5 nitrogen and oxygen atoms in total. The molecule has 166 valence electrons. The van der Waals surface area contributed by atoms with Crippen LogP contribution in [0.5, 0.6) is 11.5 Å². The van der Waals surface area contributed by atoms with Gasteiger partial charge in [0.1, 0.15) is 11.5 Å². The van der Waals surface area contributed by atoms with Crippen molar-refractivity contribution in [3.8, 4) is 22.6 Å². The summed E-state index contributed by atoms with van der Waals surface area (Å²) in [5.74, 6) is 2.48. The van der Waals surface area contributed by atoms with Gasteiger partial charge in [-0.25, -0.2) is 4.79 Å². The first kappa shape index (κ1) is 21.5. The number of hydrogen-bond donors (Lipinski definition) is 1. The third-order valence-electron chi connectivity index (χ3n) is 6.65. The minimum absolute atomic E-state index is 0.0405. The van der Waals surface area contributed by atoms with E-state index in [1.165, 1.54) is 0 Å². The average molecular weight is 424 g/mol. The third-order valence-corrected chi connectivity index (χ3v) is 6.65. The van der Waals surface area contributed by atoms with Crippen LogP contribution in [0.25, 0.3) is 11.1 Å². The second kappa shape index (κ2) is 8.45. The number of nitrogens with zero attached hydrogens (tertiary/aromatic N) is 1. The molecule has 0 aromatic heterocycles. The molecule has 5 heteroatoms. The molecule has 0 bridgehead atoms. The molecule has 4 rings (SSSR count). The number of fused-ring (bicyclic) bond motifs is 1.